The van der Waals surface area contributed by atoms with Gasteiger partial charge < -0.3 is 10.2 Å². The van der Waals surface area contributed by atoms with Crippen LogP contribution < -0.4 is 5.32 Å². The van der Waals surface area contributed by atoms with Gasteiger partial charge in [0.25, 0.3) is 0 Å². The minimum Gasteiger partial charge on any atom is -0.308 e. The molecule has 16 heavy (non-hydrogen) atoms. The molecule has 1 unspecified atom stereocenters. The second-order valence-electron chi connectivity index (χ2n) is 4.72. The predicted molar refractivity (Wildman–Crippen MR) is 68.9 cm³/mol. The molecule has 1 fully saturated rings. The van der Waals surface area contributed by atoms with E-state index in [0.29, 0.717) is 6.04 Å². The highest BCUT2D eigenvalue weighted by molar-refractivity contribution is 7.11. The molecule has 0 radical (unpaired) electrons. The number of piperidine rings is 1. The van der Waals surface area contributed by atoms with Crippen LogP contribution in [0.15, 0.2) is 0 Å². The van der Waals surface area contributed by atoms with E-state index in [0.717, 1.165) is 6.54 Å². The summed E-state index contributed by atoms with van der Waals surface area (Å²) in [5.74, 6) is 0. The first-order valence-corrected chi connectivity index (χ1v) is 6.81. The predicted octanol–water partition coefficient (Wildman–Crippen LogP) is 1.94. The summed E-state index contributed by atoms with van der Waals surface area (Å²) in [5, 5.41) is 4.83. The molecule has 2 rings (SSSR count). The van der Waals surface area contributed by atoms with Gasteiger partial charge in [-0.2, -0.15) is 0 Å². The molecule has 1 saturated heterocycles. The molecule has 1 aromatic heterocycles. The maximum absolute atomic E-state index is 4.46. The zero-order valence-electron chi connectivity index (χ0n) is 10.4. The van der Waals surface area contributed by atoms with Crippen LogP contribution in [0.1, 0.15) is 28.4 Å². The summed E-state index contributed by atoms with van der Waals surface area (Å²) >= 11 is 1.82. The molecule has 0 spiro atoms. The summed E-state index contributed by atoms with van der Waals surface area (Å²) in [6.45, 7) is 7.59. The van der Waals surface area contributed by atoms with Crippen molar-refractivity contribution in [2.75, 3.05) is 20.1 Å². The van der Waals surface area contributed by atoms with Crippen LogP contribution in [0.5, 0.6) is 0 Å². The van der Waals surface area contributed by atoms with Crippen LogP contribution in [0, 0.1) is 13.8 Å². The lowest BCUT2D eigenvalue weighted by molar-refractivity contribution is 0.227. The molecule has 90 valence electrons. The maximum Gasteiger partial charge on any atom is 0.0900 e. The number of aryl methyl sites for hydroxylation is 2. The van der Waals surface area contributed by atoms with Gasteiger partial charge in [0.15, 0.2) is 0 Å². The van der Waals surface area contributed by atoms with Crippen molar-refractivity contribution in [2.45, 2.75) is 39.3 Å². The van der Waals surface area contributed by atoms with Crippen LogP contribution >= 0.6 is 11.3 Å². The van der Waals surface area contributed by atoms with E-state index < -0.39 is 0 Å². The number of nitrogens with zero attached hydrogens (tertiary/aromatic N) is 2. The van der Waals surface area contributed by atoms with Crippen LogP contribution in [-0.2, 0) is 6.54 Å². The third-order valence-electron chi connectivity index (χ3n) is 3.18. The molecule has 2 heterocycles. The van der Waals surface area contributed by atoms with E-state index in [-0.39, 0.29) is 0 Å². The van der Waals surface area contributed by atoms with Crippen LogP contribution in [0.4, 0.5) is 0 Å². The van der Waals surface area contributed by atoms with Gasteiger partial charge in [-0.25, -0.2) is 4.98 Å². The van der Waals surface area contributed by atoms with E-state index in [1.807, 2.05) is 11.3 Å². The van der Waals surface area contributed by atoms with Gasteiger partial charge >= 0.3 is 0 Å². The van der Waals surface area contributed by atoms with E-state index in [9.17, 15) is 0 Å². The quantitative estimate of drug-likeness (QED) is 0.874. The Kier molecular flexibility index (Phi) is 3.95. The number of aromatic nitrogens is 1. The number of likely N-dealkylation sites (N-methyl/N-ethyl adjacent to an activating group) is 1. The van der Waals surface area contributed by atoms with Crippen molar-refractivity contribution in [3.05, 3.63) is 15.6 Å². The number of nitrogens with one attached hydrogen (secondary N) is 1. The third kappa shape index (κ3) is 3.03. The largest absolute Gasteiger partial charge is 0.308 e. The topological polar surface area (TPSA) is 28.2 Å². The number of likely N-dealkylation sites (tertiary alicyclic amines) is 1. The Morgan fingerprint density at radius 3 is 2.94 bits per heavy atom. The Hall–Kier alpha value is -0.450. The molecule has 0 bridgehead atoms. The van der Waals surface area contributed by atoms with Gasteiger partial charge in [-0.3, -0.25) is 0 Å². The summed E-state index contributed by atoms with van der Waals surface area (Å²) in [7, 11) is 2.20. The summed E-state index contributed by atoms with van der Waals surface area (Å²) in [6, 6.07) is 0.653. The molecule has 1 N–H and O–H groups in total. The van der Waals surface area contributed by atoms with Gasteiger partial charge in [-0.15, -0.1) is 11.3 Å². The highest BCUT2D eigenvalue weighted by Crippen LogP contribution is 2.17. The molecule has 1 aliphatic heterocycles. The second kappa shape index (κ2) is 5.25. The fourth-order valence-corrected chi connectivity index (χ4v) is 3.20. The molecule has 0 aromatic carbocycles. The second-order valence-corrected chi connectivity index (χ2v) is 6.01. The first-order valence-electron chi connectivity index (χ1n) is 6.00. The normalized spacial score (nSPS) is 22.6. The highest BCUT2D eigenvalue weighted by atomic mass is 32.1. The lowest BCUT2D eigenvalue weighted by atomic mass is 10.1. The molecule has 1 atom stereocenters. The Bertz CT molecular complexity index is 348. The van der Waals surface area contributed by atoms with E-state index in [2.05, 4.69) is 36.1 Å². The van der Waals surface area contributed by atoms with E-state index in [1.165, 1.54) is 41.5 Å². The summed E-state index contributed by atoms with van der Waals surface area (Å²) < 4.78 is 0. The van der Waals surface area contributed by atoms with Gasteiger partial charge in [-0.1, -0.05) is 0 Å². The van der Waals surface area contributed by atoms with Gasteiger partial charge in [-0.05, 0) is 40.3 Å². The van der Waals surface area contributed by atoms with Crippen LogP contribution in [0.2, 0.25) is 0 Å². The van der Waals surface area contributed by atoms with Crippen molar-refractivity contribution >= 4 is 11.3 Å². The Morgan fingerprint density at radius 1 is 1.50 bits per heavy atom. The smallest absolute Gasteiger partial charge is 0.0900 e. The molecular formula is C12H21N3S. The summed E-state index contributed by atoms with van der Waals surface area (Å²) in [6.07, 6.45) is 2.62. The van der Waals surface area contributed by atoms with Crippen molar-refractivity contribution in [2.24, 2.45) is 0 Å². The SMILES string of the molecule is Cc1nc(C)c(CNC2CCCN(C)C2)s1. The molecule has 4 heteroatoms. The third-order valence-corrected chi connectivity index (χ3v) is 4.25. The van der Waals surface area contributed by atoms with Crippen molar-refractivity contribution in [3.8, 4) is 0 Å². The lowest BCUT2D eigenvalue weighted by Crippen LogP contribution is -2.43. The van der Waals surface area contributed by atoms with Crippen molar-refractivity contribution in [1.82, 2.24) is 15.2 Å². The molecule has 0 aliphatic carbocycles. The van der Waals surface area contributed by atoms with Crippen molar-refractivity contribution in [3.63, 3.8) is 0 Å². The van der Waals surface area contributed by atoms with E-state index >= 15 is 0 Å². The summed E-state index contributed by atoms with van der Waals surface area (Å²) in [4.78, 5) is 8.26. The molecular weight excluding hydrogens is 218 g/mol. The van der Waals surface area contributed by atoms with Gasteiger partial charge in [0.05, 0.1) is 10.7 Å². The molecule has 3 nitrogen and oxygen atoms in total. The van der Waals surface area contributed by atoms with Gasteiger partial charge in [0, 0.05) is 24.0 Å². The fraction of sp³-hybridized carbons (Fsp3) is 0.750. The van der Waals surface area contributed by atoms with E-state index in [4.69, 9.17) is 0 Å². The zero-order chi connectivity index (χ0) is 11.5. The van der Waals surface area contributed by atoms with Crippen LogP contribution in [-0.4, -0.2) is 36.1 Å². The number of hydrogen-bond acceptors (Lipinski definition) is 4. The molecule has 0 saturated carbocycles. The minimum absolute atomic E-state index is 0.653. The Labute approximate surface area is 102 Å². The first-order chi connectivity index (χ1) is 7.65. The van der Waals surface area contributed by atoms with Gasteiger partial charge in [0.1, 0.15) is 0 Å². The molecule has 1 aliphatic rings. The van der Waals surface area contributed by atoms with Crippen molar-refractivity contribution < 1.29 is 0 Å². The maximum atomic E-state index is 4.46. The molecule has 0 amide bonds. The van der Waals surface area contributed by atoms with Crippen LogP contribution in [0.25, 0.3) is 0 Å². The standard InChI is InChI=1S/C12H21N3S/c1-9-12(16-10(2)14-9)7-13-11-5-4-6-15(3)8-11/h11,13H,4-8H2,1-3H3. The highest BCUT2D eigenvalue weighted by Gasteiger charge is 2.17. The summed E-state index contributed by atoms with van der Waals surface area (Å²) in [5.41, 5.74) is 1.19. The van der Waals surface area contributed by atoms with Gasteiger partial charge in [0.2, 0.25) is 0 Å². The van der Waals surface area contributed by atoms with Crippen molar-refractivity contribution in [1.29, 1.82) is 0 Å². The lowest BCUT2D eigenvalue weighted by Gasteiger charge is -2.30. The Morgan fingerprint density at radius 2 is 2.31 bits per heavy atom. The average molecular weight is 239 g/mol. The van der Waals surface area contributed by atoms with E-state index in [1.54, 1.807) is 0 Å². The zero-order valence-corrected chi connectivity index (χ0v) is 11.2. The molecule has 1 aromatic rings. The average Bonchev–Trinajstić information content (AvgIpc) is 2.54. The minimum atomic E-state index is 0.653. The Balaban J connectivity index is 1.85. The number of rotatable bonds is 3. The first kappa shape index (κ1) is 12.0. The number of thiazole rings is 1. The monoisotopic (exact) mass is 239 g/mol. The number of hydrogen-bond donors (Lipinski definition) is 1. The van der Waals surface area contributed by atoms with Crippen LogP contribution in [0.3, 0.4) is 0 Å². The fourth-order valence-electron chi connectivity index (χ4n) is 2.31.